The van der Waals surface area contributed by atoms with Crippen molar-refractivity contribution >= 4 is 5.91 Å². The van der Waals surface area contributed by atoms with Crippen molar-refractivity contribution in [3.63, 3.8) is 0 Å². The molecule has 0 aromatic heterocycles. The number of nitrogens with two attached hydrogens (primary N) is 1. The smallest absolute Gasteiger partial charge is 0.237 e. The zero-order valence-corrected chi connectivity index (χ0v) is 11.7. The predicted molar refractivity (Wildman–Crippen MR) is 69.8 cm³/mol. The fourth-order valence-corrected chi connectivity index (χ4v) is 1.23. The average molecular weight is 245 g/mol. The first-order chi connectivity index (χ1) is 7.79. The summed E-state index contributed by atoms with van der Waals surface area (Å²) in [7, 11) is 3.67. The fourth-order valence-electron chi connectivity index (χ4n) is 1.23. The van der Waals surface area contributed by atoms with Crippen molar-refractivity contribution in [2.24, 2.45) is 11.1 Å². The number of rotatable bonds is 7. The number of carbonyl (C=O) groups excluding carboxylic acids is 1. The third-order valence-electron chi connectivity index (χ3n) is 2.69. The second-order valence-electron chi connectivity index (χ2n) is 5.43. The minimum Gasteiger partial charge on any atom is -0.383 e. The summed E-state index contributed by atoms with van der Waals surface area (Å²) in [6.45, 7) is 8.85. The molecule has 0 saturated carbocycles. The van der Waals surface area contributed by atoms with Crippen LogP contribution in [0.2, 0.25) is 0 Å². The van der Waals surface area contributed by atoms with E-state index in [4.69, 9.17) is 10.5 Å². The van der Waals surface area contributed by atoms with Crippen LogP contribution in [-0.4, -0.2) is 57.2 Å². The van der Waals surface area contributed by atoms with E-state index >= 15 is 0 Å². The molecule has 0 rings (SSSR count). The first-order valence-electron chi connectivity index (χ1n) is 5.99. The number of methoxy groups -OCH3 is 1. The maximum atomic E-state index is 11.7. The number of carbonyl (C=O) groups is 1. The second kappa shape index (κ2) is 7.63. The van der Waals surface area contributed by atoms with E-state index in [1.54, 1.807) is 7.11 Å². The predicted octanol–water partition coefficient (Wildman–Crippen LogP) is 0.0542. The topological polar surface area (TPSA) is 67.6 Å². The van der Waals surface area contributed by atoms with Crippen LogP contribution in [0.5, 0.6) is 0 Å². The Kier molecular flexibility index (Phi) is 7.34. The van der Waals surface area contributed by atoms with E-state index in [0.29, 0.717) is 13.2 Å². The van der Waals surface area contributed by atoms with E-state index in [-0.39, 0.29) is 11.3 Å². The summed E-state index contributed by atoms with van der Waals surface area (Å²) >= 11 is 0. The van der Waals surface area contributed by atoms with Crippen LogP contribution in [-0.2, 0) is 9.53 Å². The molecule has 0 aromatic rings. The fraction of sp³-hybridized carbons (Fsp3) is 0.917. The molecule has 0 unspecified atom stereocenters. The van der Waals surface area contributed by atoms with Crippen LogP contribution in [0.25, 0.3) is 0 Å². The highest BCUT2D eigenvalue weighted by atomic mass is 16.5. The molecule has 1 amide bonds. The molecule has 3 N–H and O–H groups in total. The molecule has 1 atom stereocenters. The third-order valence-corrected chi connectivity index (χ3v) is 2.69. The van der Waals surface area contributed by atoms with Gasteiger partial charge in [-0.3, -0.25) is 4.79 Å². The first-order valence-corrected chi connectivity index (χ1v) is 5.99. The Bertz CT molecular complexity index is 226. The highest BCUT2D eigenvalue weighted by molar-refractivity contribution is 5.82. The van der Waals surface area contributed by atoms with Crippen molar-refractivity contribution in [2.75, 3.05) is 40.4 Å². The standard InChI is InChI=1S/C12H27N3O2/c1-12(2,3)10(13)11(16)14-6-7-15(4)8-9-17-5/h10H,6-9,13H2,1-5H3,(H,14,16)/t10-/m1/s1. The van der Waals surface area contributed by atoms with Gasteiger partial charge < -0.3 is 20.7 Å². The molecule has 17 heavy (non-hydrogen) atoms. The van der Waals surface area contributed by atoms with Crippen LogP contribution in [0.15, 0.2) is 0 Å². The number of ether oxygens (including phenoxy) is 1. The minimum absolute atomic E-state index is 0.0855. The van der Waals surface area contributed by atoms with Crippen LogP contribution < -0.4 is 11.1 Å². The maximum absolute atomic E-state index is 11.7. The Morgan fingerprint density at radius 3 is 2.47 bits per heavy atom. The van der Waals surface area contributed by atoms with Gasteiger partial charge in [0.15, 0.2) is 0 Å². The largest absolute Gasteiger partial charge is 0.383 e. The molecule has 0 fully saturated rings. The van der Waals surface area contributed by atoms with Gasteiger partial charge in [-0.1, -0.05) is 20.8 Å². The van der Waals surface area contributed by atoms with E-state index in [1.165, 1.54) is 0 Å². The quantitative estimate of drug-likeness (QED) is 0.665. The van der Waals surface area contributed by atoms with Crippen LogP contribution >= 0.6 is 0 Å². The SMILES string of the molecule is COCCN(C)CCNC(=O)[C@@H](N)C(C)(C)C. The van der Waals surface area contributed by atoms with Gasteiger partial charge in [-0.2, -0.15) is 0 Å². The van der Waals surface area contributed by atoms with Crippen molar-refractivity contribution in [2.45, 2.75) is 26.8 Å². The molecule has 0 spiro atoms. The molecule has 0 aliphatic rings. The Hall–Kier alpha value is -0.650. The van der Waals surface area contributed by atoms with Crippen molar-refractivity contribution in [3.8, 4) is 0 Å². The van der Waals surface area contributed by atoms with Gasteiger partial charge in [0.25, 0.3) is 0 Å². The molecule has 0 saturated heterocycles. The van der Waals surface area contributed by atoms with E-state index in [1.807, 2.05) is 27.8 Å². The van der Waals surface area contributed by atoms with E-state index < -0.39 is 6.04 Å². The van der Waals surface area contributed by atoms with Crippen LogP contribution in [0.3, 0.4) is 0 Å². The Morgan fingerprint density at radius 1 is 1.41 bits per heavy atom. The number of amides is 1. The van der Waals surface area contributed by atoms with Gasteiger partial charge in [0.05, 0.1) is 12.6 Å². The molecule has 5 heteroatoms. The normalized spacial score (nSPS) is 13.8. The van der Waals surface area contributed by atoms with Crippen LogP contribution in [0.4, 0.5) is 0 Å². The van der Waals surface area contributed by atoms with Gasteiger partial charge in [0, 0.05) is 26.7 Å². The van der Waals surface area contributed by atoms with Gasteiger partial charge in [-0.05, 0) is 12.5 Å². The van der Waals surface area contributed by atoms with E-state index in [9.17, 15) is 4.79 Å². The molecular formula is C12H27N3O2. The molecule has 0 aromatic carbocycles. The Labute approximate surface area is 105 Å². The van der Waals surface area contributed by atoms with Crippen molar-refractivity contribution in [1.82, 2.24) is 10.2 Å². The van der Waals surface area contributed by atoms with E-state index in [2.05, 4.69) is 10.2 Å². The highest BCUT2D eigenvalue weighted by Crippen LogP contribution is 2.16. The summed E-state index contributed by atoms with van der Waals surface area (Å²) in [5.41, 5.74) is 5.64. The lowest BCUT2D eigenvalue weighted by Crippen LogP contribution is -2.49. The lowest BCUT2D eigenvalue weighted by molar-refractivity contribution is -0.124. The molecule has 0 bridgehead atoms. The first kappa shape index (κ1) is 16.4. The molecule has 5 nitrogen and oxygen atoms in total. The molecule has 0 aliphatic heterocycles. The summed E-state index contributed by atoms with van der Waals surface area (Å²) in [5, 5.41) is 2.85. The number of nitrogens with zero attached hydrogens (tertiary/aromatic N) is 1. The van der Waals surface area contributed by atoms with Gasteiger partial charge in [0.2, 0.25) is 5.91 Å². The number of likely N-dealkylation sites (N-methyl/N-ethyl adjacent to an activating group) is 1. The van der Waals surface area contributed by atoms with Crippen LogP contribution in [0, 0.1) is 5.41 Å². The zero-order chi connectivity index (χ0) is 13.5. The maximum Gasteiger partial charge on any atom is 0.237 e. The Balaban J connectivity index is 3.78. The molecule has 102 valence electrons. The lowest BCUT2D eigenvalue weighted by Gasteiger charge is -2.26. The zero-order valence-electron chi connectivity index (χ0n) is 11.7. The van der Waals surface area contributed by atoms with Crippen molar-refractivity contribution in [3.05, 3.63) is 0 Å². The van der Waals surface area contributed by atoms with Crippen molar-refractivity contribution in [1.29, 1.82) is 0 Å². The molecule has 0 aliphatic carbocycles. The van der Waals surface area contributed by atoms with Crippen LogP contribution in [0.1, 0.15) is 20.8 Å². The average Bonchev–Trinajstić information content (AvgIpc) is 2.23. The number of nitrogens with one attached hydrogen (secondary N) is 1. The van der Waals surface area contributed by atoms with Gasteiger partial charge >= 0.3 is 0 Å². The summed E-state index contributed by atoms with van der Waals surface area (Å²) in [4.78, 5) is 13.8. The second-order valence-corrected chi connectivity index (χ2v) is 5.43. The minimum atomic E-state index is -0.466. The number of hydrogen-bond acceptors (Lipinski definition) is 4. The lowest BCUT2D eigenvalue weighted by atomic mass is 9.87. The summed E-state index contributed by atoms with van der Waals surface area (Å²) < 4.78 is 4.97. The monoisotopic (exact) mass is 245 g/mol. The highest BCUT2D eigenvalue weighted by Gasteiger charge is 2.26. The summed E-state index contributed by atoms with van der Waals surface area (Å²) in [6.07, 6.45) is 0. The summed E-state index contributed by atoms with van der Waals surface area (Å²) in [6, 6.07) is -0.466. The molecule has 0 radical (unpaired) electrons. The Morgan fingerprint density at radius 2 is 2.00 bits per heavy atom. The molecular weight excluding hydrogens is 218 g/mol. The van der Waals surface area contributed by atoms with Gasteiger partial charge in [-0.25, -0.2) is 0 Å². The van der Waals surface area contributed by atoms with Crippen molar-refractivity contribution < 1.29 is 9.53 Å². The number of hydrogen-bond donors (Lipinski definition) is 2. The summed E-state index contributed by atoms with van der Waals surface area (Å²) in [5.74, 6) is -0.0855. The van der Waals surface area contributed by atoms with Gasteiger partial charge in [0.1, 0.15) is 0 Å². The van der Waals surface area contributed by atoms with E-state index in [0.717, 1.165) is 13.1 Å². The molecule has 0 heterocycles. The third kappa shape index (κ3) is 7.31. The van der Waals surface area contributed by atoms with Gasteiger partial charge in [-0.15, -0.1) is 0 Å².